The maximum Gasteiger partial charge on any atom is 0.335 e. The molecule has 0 N–H and O–H groups in total. The number of hydrogen-bond donors (Lipinski definition) is 0. The summed E-state index contributed by atoms with van der Waals surface area (Å²) >= 11 is 0. The van der Waals surface area contributed by atoms with E-state index in [-0.39, 0.29) is 0 Å². The fraction of sp³-hybridized carbons (Fsp3) is 1.00. The molecule has 118 valence electrons. The number of rotatable bonds is 7. The lowest BCUT2D eigenvalue weighted by Gasteiger charge is -2.38. The van der Waals surface area contributed by atoms with Gasteiger partial charge in [0.25, 0.3) is 0 Å². The zero-order valence-electron chi connectivity index (χ0n) is 13.8. The second-order valence-corrected chi connectivity index (χ2v) is 10.3. The second kappa shape index (κ2) is 7.95. The van der Waals surface area contributed by atoms with Crippen LogP contribution in [0.25, 0.3) is 0 Å². The summed E-state index contributed by atoms with van der Waals surface area (Å²) in [5, 5.41) is 0. The molecule has 2 rings (SSSR count). The predicted octanol–water partition coefficient (Wildman–Crippen LogP) is 5.27. The quantitative estimate of drug-likeness (QED) is 0.471. The maximum absolute atomic E-state index is 6.54. The highest BCUT2D eigenvalue weighted by atomic mass is 28.4. The molecule has 2 nitrogen and oxygen atoms in total. The van der Waals surface area contributed by atoms with Crippen molar-refractivity contribution >= 4 is 8.56 Å². The van der Waals surface area contributed by atoms with Crippen molar-refractivity contribution in [2.24, 2.45) is 11.8 Å². The van der Waals surface area contributed by atoms with E-state index in [2.05, 4.69) is 20.4 Å². The van der Waals surface area contributed by atoms with E-state index in [0.717, 1.165) is 18.4 Å². The minimum atomic E-state index is -1.97. The summed E-state index contributed by atoms with van der Waals surface area (Å²) in [7, 11) is -1.97. The van der Waals surface area contributed by atoms with Crippen LogP contribution in [-0.2, 0) is 8.85 Å². The predicted molar refractivity (Wildman–Crippen MR) is 87.1 cm³/mol. The van der Waals surface area contributed by atoms with Gasteiger partial charge in [-0.3, -0.25) is 0 Å². The third-order valence-corrected chi connectivity index (χ3v) is 8.42. The van der Waals surface area contributed by atoms with E-state index in [1.54, 1.807) is 0 Å². The Morgan fingerprint density at radius 2 is 1.65 bits per heavy atom. The van der Waals surface area contributed by atoms with Crippen LogP contribution in [0.3, 0.4) is 0 Å². The molecule has 0 spiro atoms. The van der Waals surface area contributed by atoms with Gasteiger partial charge < -0.3 is 8.85 Å². The summed E-state index contributed by atoms with van der Waals surface area (Å²) in [6, 6.07) is 1.22. The topological polar surface area (TPSA) is 18.5 Å². The first-order valence-electron chi connectivity index (χ1n) is 8.95. The molecule has 0 aromatic rings. The molecule has 0 bridgehead atoms. The molecule has 20 heavy (non-hydrogen) atoms. The monoisotopic (exact) mass is 298 g/mol. The van der Waals surface area contributed by atoms with Gasteiger partial charge in [0.2, 0.25) is 0 Å². The van der Waals surface area contributed by atoms with Crippen molar-refractivity contribution in [1.82, 2.24) is 0 Å². The molecule has 2 unspecified atom stereocenters. The van der Waals surface area contributed by atoms with E-state index in [1.165, 1.54) is 63.8 Å². The molecule has 0 aromatic carbocycles. The van der Waals surface area contributed by atoms with Gasteiger partial charge >= 0.3 is 8.56 Å². The summed E-state index contributed by atoms with van der Waals surface area (Å²) in [4.78, 5) is 0. The molecule has 0 aromatic heterocycles. The molecule has 0 heterocycles. The highest BCUT2D eigenvalue weighted by Crippen LogP contribution is 2.36. The molecule has 2 fully saturated rings. The van der Waals surface area contributed by atoms with Gasteiger partial charge in [-0.1, -0.05) is 44.9 Å². The first kappa shape index (κ1) is 16.5. The molecule has 0 radical (unpaired) electrons. The molecule has 2 aliphatic rings. The van der Waals surface area contributed by atoms with E-state index < -0.39 is 8.56 Å². The third kappa shape index (κ3) is 4.85. The Balaban J connectivity index is 1.88. The molecule has 3 heteroatoms. The minimum Gasteiger partial charge on any atom is -0.395 e. The van der Waals surface area contributed by atoms with Crippen molar-refractivity contribution in [3.8, 4) is 0 Å². The Morgan fingerprint density at radius 3 is 2.15 bits per heavy atom. The van der Waals surface area contributed by atoms with E-state index in [0.29, 0.717) is 6.10 Å². The van der Waals surface area contributed by atoms with Gasteiger partial charge in [-0.25, -0.2) is 0 Å². The van der Waals surface area contributed by atoms with Gasteiger partial charge in [0, 0.05) is 12.7 Å². The highest BCUT2D eigenvalue weighted by Gasteiger charge is 2.38. The lowest BCUT2D eigenvalue weighted by molar-refractivity contribution is 0.0542. The third-order valence-electron chi connectivity index (χ3n) is 5.33. The average Bonchev–Trinajstić information content (AvgIpc) is 2.54. The van der Waals surface area contributed by atoms with E-state index in [4.69, 9.17) is 8.85 Å². The Kier molecular flexibility index (Phi) is 6.56. The maximum atomic E-state index is 6.54. The van der Waals surface area contributed by atoms with Gasteiger partial charge in [-0.05, 0) is 51.1 Å². The van der Waals surface area contributed by atoms with Crippen LogP contribution >= 0.6 is 0 Å². The Bertz CT molecular complexity index is 272. The van der Waals surface area contributed by atoms with Crippen molar-refractivity contribution < 1.29 is 8.85 Å². The van der Waals surface area contributed by atoms with Crippen LogP contribution in [0, 0.1) is 11.8 Å². The standard InChI is InChI=1S/C17H34O2Si/c1-4-18-20(3,19-15(2)17-12-9-13-17)14-16-10-7-5-6-8-11-16/h15-17H,4-14H2,1-3H3. The fourth-order valence-electron chi connectivity index (χ4n) is 3.94. The lowest BCUT2D eigenvalue weighted by atomic mass is 9.82. The van der Waals surface area contributed by atoms with Gasteiger partial charge in [0.15, 0.2) is 0 Å². The molecule has 2 aliphatic carbocycles. The van der Waals surface area contributed by atoms with Crippen LogP contribution in [0.4, 0.5) is 0 Å². The SMILES string of the molecule is CCO[Si](C)(CC1CCCCCC1)OC(C)C1CCC1. The minimum absolute atomic E-state index is 0.415. The van der Waals surface area contributed by atoms with E-state index >= 15 is 0 Å². The van der Waals surface area contributed by atoms with Crippen molar-refractivity contribution in [3.05, 3.63) is 0 Å². The average molecular weight is 299 g/mol. The van der Waals surface area contributed by atoms with Crippen molar-refractivity contribution in [1.29, 1.82) is 0 Å². The molecule has 0 amide bonds. The summed E-state index contributed by atoms with van der Waals surface area (Å²) in [6.45, 7) is 7.53. The van der Waals surface area contributed by atoms with Gasteiger partial charge in [0.1, 0.15) is 0 Å². The van der Waals surface area contributed by atoms with Crippen LogP contribution in [0.5, 0.6) is 0 Å². The molecule has 0 aliphatic heterocycles. The summed E-state index contributed by atoms with van der Waals surface area (Å²) in [6.07, 6.45) is 13.0. The smallest absolute Gasteiger partial charge is 0.335 e. The van der Waals surface area contributed by atoms with E-state index in [9.17, 15) is 0 Å². The second-order valence-electron chi connectivity index (χ2n) is 7.14. The molecule has 2 saturated carbocycles. The van der Waals surface area contributed by atoms with Gasteiger partial charge in [0.05, 0.1) is 0 Å². The van der Waals surface area contributed by atoms with Crippen molar-refractivity contribution in [2.45, 2.75) is 90.3 Å². The zero-order valence-corrected chi connectivity index (χ0v) is 14.8. The summed E-state index contributed by atoms with van der Waals surface area (Å²) in [5.74, 6) is 1.66. The Morgan fingerprint density at radius 1 is 1.00 bits per heavy atom. The molecular formula is C17H34O2Si. The molecular weight excluding hydrogens is 264 g/mol. The zero-order chi connectivity index (χ0) is 14.4. The highest BCUT2D eigenvalue weighted by molar-refractivity contribution is 6.66. The van der Waals surface area contributed by atoms with Crippen molar-refractivity contribution in [3.63, 3.8) is 0 Å². The Hall–Kier alpha value is 0.137. The van der Waals surface area contributed by atoms with Gasteiger partial charge in [-0.2, -0.15) is 0 Å². The molecule has 0 saturated heterocycles. The summed E-state index contributed by atoms with van der Waals surface area (Å²) in [5.41, 5.74) is 0. The van der Waals surface area contributed by atoms with Gasteiger partial charge in [-0.15, -0.1) is 0 Å². The fourth-order valence-corrected chi connectivity index (χ4v) is 7.27. The normalized spacial score (nSPS) is 26.6. The van der Waals surface area contributed by atoms with Crippen LogP contribution in [0.15, 0.2) is 0 Å². The van der Waals surface area contributed by atoms with E-state index in [1.807, 2.05) is 0 Å². The summed E-state index contributed by atoms with van der Waals surface area (Å²) < 4.78 is 12.7. The Labute approximate surface area is 126 Å². The van der Waals surface area contributed by atoms with Crippen LogP contribution in [-0.4, -0.2) is 21.3 Å². The van der Waals surface area contributed by atoms with Crippen LogP contribution < -0.4 is 0 Å². The first-order chi connectivity index (χ1) is 9.63. The molecule has 2 atom stereocenters. The number of hydrogen-bond acceptors (Lipinski definition) is 2. The van der Waals surface area contributed by atoms with Crippen LogP contribution in [0.2, 0.25) is 12.6 Å². The lowest BCUT2D eigenvalue weighted by Crippen LogP contribution is -2.45. The first-order valence-corrected chi connectivity index (χ1v) is 11.5. The van der Waals surface area contributed by atoms with Crippen LogP contribution in [0.1, 0.15) is 71.6 Å². The van der Waals surface area contributed by atoms with Crippen molar-refractivity contribution in [2.75, 3.05) is 6.61 Å². The largest absolute Gasteiger partial charge is 0.395 e.